The molecule has 5 nitrogen and oxygen atoms in total. The number of aryl methyl sites for hydroxylation is 1. The van der Waals surface area contributed by atoms with E-state index in [9.17, 15) is 0 Å². The number of nitrogens with zero attached hydrogens (tertiary/aromatic N) is 1. The maximum absolute atomic E-state index is 9.08. The molecule has 0 unspecified atom stereocenters. The van der Waals surface area contributed by atoms with Gasteiger partial charge in [0.1, 0.15) is 6.20 Å². The predicted octanol–water partition coefficient (Wildman–Crippen LogP) is -0.0919. The number of halogens is 1. The molecular weight excluding hydrogens is 228 g/mol. The summed E-state index contributed by atoms with van der Waals surface area (Å²) in [5, 5.41) is 0.701. The Kier molecular flexibility index (Phi) is 4.82. The Balaban J connectivity index is 0.000000292. The fraction of sp³-hybridized carbons (Fsp3) is 0.286. The Bertz CT molecular complexity index is 397. The maximum atomic E-state index is 9.08. The van der Waals surface area contributed by atoms with Crippen molar-refractivity contribution in [3.05, 3.63) is 23.4 Å². The van der Waals surface area contributed by atoms with Crippen molar-refractivity contribution >= 4 is 27.5 Å². The second kappa shape index (κ2) is 5.14. The van der Waals surface area contributed by atoms with Crippen molar-refractivity contribution in [1.29, 1.82) is 0 Å². The summed E-state index contributed by atoms with van der Waals surface area (Å²) < 4.78 is 29.0. The molecule has 0 aliphatic carbocycles. The highest BCUT2D eigenvalue weighted by atomic mass is 35.5. The van der Waals surface area contributed by atoms with E-state index in [2.05, 4.69) is 0 Å². The zero-order valence-electron chi connectivity index (χ0n) is 7.77. The summed E-state index contributed by atoms with van der Waals surface area (Å²) in [6, 6.07) is 3.53. The molecule has 80 valence electrons. The Morgan fingerprint density at radius 2 is 1.93 bits per heavy atom. The lowest BCUT2D eigenvalue weighted by Crippen LogP contribution is -2.31. The van der Waals surface area contributed by atoms with Crippen LogP contribution in [0.3, 0.4) is 0 Å². The van der Waals surface area contributed by atoms with Crippen LogP contribution in [0.1, 0.15) is 0 Å². The van der Waals surface area contributed by atoms with E-state index in [1.165, 1.54) is 0 Å². The van der Waals surface area contributed by atoms with Crippen LogP contribution < -0.4 is 10.3 Å². The molecule has 7 heteroatoms. The Hall–Kier alpha value is -0.850. The zero-order valence-corrected chi connectivity index (χ0v) is 9.34. The molecule has 0 aliphatic heterocycles. The highest BCUT2D eigenvalue weighted by Crippen LogP contribution is 2.04. The molecule has 0 aliphatic rings. The molecule has 1 aromatic rings. The van der Waals surface area contributed by atoms with Crippen LogP contribution in [0.4, 0.5) is 5.82 Å². The summed E-state index contributed by atoms with van der Waals surface area (Å²) in [7, 11) is -2.07. The normalized spacial score (nSPS) is 10.3. The van der Waals surface area contributed by atoms with Gasteiger partial charge in [0.2, 0.25) is 0 Å². The van der Waals surface area contributed by atoms with Crippen LogP contribution in [0.15, 0.2) is 18.3 Å². The van der Waals surface area contributed by atoms with E-state index < -0.39 is 10.1 Å². The molecule has 0 spiro atoms. The van der Waals surface area contributed by atoms with Gasteiger partial charge in [-0.2, -0.15) is 0 Å². The van der Waals surface area contributed by atoms with Gasteiger partial charge in [-0.25, -0.2) is 13.0 Å². The van der Waals surface area contributed by atoms with Crippen LogP contribution in [0.25, 0.3) is 0 Å². The number of aromatic nitrogens is 1. The van der Waals surface area contributed by atoms with Crippen LogP contribution in [0, 0.1) is 0 Å². The highest BCUT2D eigenvalue weighted by molar-refractivity contribution is 7.84. The van der Waals surface area contributed by atoms with Crippen molar-refractivity contribution in [3.63, 3.8) is 0 Å². The zero-order chi connectivity index (χ0) is 11.4. The first-order chi connectivity index (χ1) is 6.20. The minimum Gasteiger partial charge on any atom is -0.748 e. The molecule has 0 amide bonds. The van der Waals surface area contributed by atoms with Gasteiger partial charge in [0.05, 0.1) is 22.2 Å². The van der Waals surface area contributed by atoms with Gasteiger partial charge in [0, 0.05) is 12.3 Å². The van der Waals surface area contributed by atoms with Crippen molar-refractivity contribution in [3.8, 4) is 0 Å². The third kappa shape index (κ3) is 7.78. The summed E-state index contributed by atoms with van der Waals surface area (Å²) >= 11 is 5.64. The second-order valence-electron chi connectivity index (χ2n) is 2.59. The van der Waals surface area contributed by atoms with Crippen LogP contribution in [0.2, 0.25) is 5.02 Å². The van der Waals surface area contributed by atoms with Gasteiger partial charge in [0.25, 0.3) is 5.82 Å². The number of hydrogen-bond donors (Lipinski definition) is 1. The van der Waals surface area contributed by atoms with Crippen LogP contribution in [-0.2, 0) is 17.2 Å². The molecular formula is C7H11ClN2O3S. The van der Waals surface area contributed by atoms with E-state index in [-0.39, 0.29) is 0 Å². The van der Waals surface area contributed by atoms with Gasteiger partial charge in [-0.15, -0.1) is 0 Å². The molecule has 1 heterocycles. The smallest absolute Gasteiger partial charge is 0.272 e. The molecule has 0 aromatic carbocycles. The lowest BCUT2D eigenvalue weighted by atomic mass is 10.4. The number of anilines is 1. The number of rotatable bonds is 0. The van der Waals surface area contributed by atoms with E-state index >= 15 is 0 Å². The maximum Gasteiger partial charge on any atom is 0.272 e. The average molecular weight is 239 g/mol. The highest BCUT2D eigenvalue weighted by Gasteiger charge is 1.96. The number of nitrogens with two attached hydrogens (primary N) is 1. The fourth-order valence-corrected chi connectivity index (χ4v) is 0.795. The summed E-state index contributed by atoms with van der Waals surface area (Å²) in [5.74, 6) is 0.708. The number of pyridine rings is 1. The first-order valence-corrected chi connectivity index (χ1v) is 5.71. The van der Waals surface area contributed by atoms with Crippen LogP contribution in [-0.4, -0.2) is 19.2 Å². The van der Waals surface area contributed by atoms with Crippen LogP contribution in [0.5, 0.6) is 0 Å². The standard InChI is InChI=1S/C6H7ClN2.CH4O3S/c1-9-4-5(7)2-3-6(9)8;1-5(2,3)4/h2-4,8H,1H3;1H3,(H,2,3,4). The van der Waals surface area contributed by atoms with E-state index in [4.69, 9.17) is 30.3 Å². The molecule has 0 bridgehead atoms. The monoisotopic (exact) mass is 238 g/mol. The first kappa shape index (κ1) is 13.2. The fourth-order valence-electron chi connectivity index (χ4n) is 0.585. The largest absolute Gasteiger partial charge is 0.748 e. The lowest BCUT2D eigenvalue weighted by molar-refractivity contribution is -0.656. The van der Waals surface area contributed by atoms with Gasteiger partial charge >= 0.3 is 0 Å². The van der Waals surface area contributed by atoms with E-state index in [0.29, 0.717) is 17.1 Å². The van der Waals surface area contributed by atoms with E-state index in [1.807, 2.05) is 7.05 Å². The van der Waals surface area contributed by atoms with Crippen LogP contribution >= 0.6 is 11.6 Å². The molecule has 2 N–H and O–H groups in total. The van der Waals surface area contributed by atoms with Gasteiger partial charge in [-0.3, -0.25) is 5.73 Å². The SMILES string of the molecule is CS(=O)(=O)[O-].C[n+]1cc(Cl)ccc1N. The van der Waals surface area contributed by atoms with Gasteiger partial charge in [-0.1, -0.05) is 11.6 Å². The molecule has 1 aromatic heterocycles. The van der Waals surface area contributed by atoms with Crippen molar-refractivity contribution < 1.29 is 17.5 Å². The third-order valence-corrected chi connectivity index (χ3v) is 1.36. The Labute approximate surface area is 87.9 Å². The Morgan fingerprint density at radius 1 is 1.50 bits per heavy atom. The summed E-state index contributed by atoms with van der Waals surface area (Å²) in [5.41, 5.74) is 5.49. The van der Waals surface area contributed by atoms with E-state index in [0.717, 1.165) is 0 Å². The summed E-state index contributed by atoms with van der Waals surface area (Å²) in [4.78, 5) is 0. The first-order valence-electron chi connectivity index (χ1n) is 3.51. The summed E-state index contributed by atoms with van der Waals surface area (Å²) in [6.45, 7) is 0. The molecule has 1 rings (SSSR count). The quantitative estimate of drug-likeness (QED) is 0.505. The molecule has 14 heavy (non-hydrogen) atoms. The Morgan fingerprint density at radius 3 is 2.21 bits per heavy atom. The second-order valence-corrected chi connectivity index (χ2v) is 4.43. The summed E-state index contributed by atoms with van der Waals surface area (Å²) in [6.07, 6.45) is 2.36. The molecule has 0 saturated heterocycles. The molecule has 0 atom stereocenters. The lowest BCUT2D eigenvalue weighted by Gasteiger charge is -1.93. The number of hydrogen-bond acceptors (Lipinski definition) is 4. The predicted molar refractivity (Wildman–Crippen MR) is 52.7 cm³/mol. The average Bonchev–Trinajstić information content (AvgIpc) is 1.94. The molecule has 0 fully saturated rings. The number of nitrogen functional groups attached to an aromatic ring is 1. The van der Waals surface area contributed by atoms with E-state index in [1.54, 1.807) is 22.9 Å². The third-order valence-electron chi connectivity index (χ3n) is 1.14. The van der Waals surface area contributed by atoms with Gasteiger partial charge in [0.15, 0.2) is 0 Å². The topological polar surface area (TPSA) is 87.1 Å². The molecule has 0 radical (unpaired) electrons. The molecule has 0 saturated carbocycles. The minimum atomic E-state index is -3.92. The van der Waals surface area contributed by atoms with Crippen molar-refractivity contribution in [1.82, 2.24) is 0 Å². The van der Waals surface area contributed by atoms with Crippen molar-refractivity contribution in [2.45, 2.75) is 0 Å². The van der Waals surface area contributed by atoms with Crippen molar-refractivity contribution in [2.75, 3.05) is 12.0 Å². The van der Waals surface area contributed by atoms with Crippen molar-refractivity contribution in [2.24, 2.45) is 7.05 Å². The minimum absolute atomic E-state index is 0.604. The van der Waals surface area contributed by atoms with Gasteiger partial charge in [-0.05, 0) is 6.07 Å². The van der Waals surface area contributed by atoms with Gasteiger partial charge < -0.3 is 4.55 Å².